The summed E-state index contributed by atoms with van der Waals surface area (Å²) in [5.74, 6) is -1.35. The number of hydrogen-bond donors (Lipinski definition) is 1. The third kappa shape index (κ3) is 2.29. The fourth-order valence-corrected chi connectivity index (χ4v) is 2.54. The monoisotopic (exact) mass is 360 g/mol. The molecule has 0 bridgehead atoms. The lowest BCUT2D eigenvalue weighted by molar-refractivity contribution is -0.140. The van der Waals surface area contributed by atoms with Crippen LogP contribution in [0.25, 0.3) is 0 Å². The van der Waals surface area contributed by atoms with Gasteiger partial charge in [-0.15, -0.1) is 0 Å². The Kier molecular flexibility index (Phi) is 3.14. The van der Waals surface area contributed by atoms with Gasteiger partial charge in [0.15, 0.2) is 0 Å². The highest BCUT2D eigenvalue weighted by atomic mass is 127. The maximum atomic E-state index is 13.8. The van der Waals surface area contributed by atoms with Crippen LogP contribution < -0.4 is 0 Å². The van der Waals surface area contributed by atoms with Crippen LogP contribution in [0.3, 0.4) is 0 Å². The molecular formula is C11H9F4IO. The molecule has 0 radical (unpaired) electrons. The number of halogens is 5. The molecule has 6 heteroatoms. The smallest absolute Gasteiger partial charge is 0.385 e. The van der Waals surface area contributed by atoms with E-state index in [-0.39, 0.29) is 9.13 Å². The van der Waals surface area contributed by atoms with Crippen LogP contribution >= 0.6 is 22.6 Å². The molecule has 0 spiro atoms. The van der Waals surface area contributed by atoms with Crippen molar-refractivity contribution in [2.24, 2.45) is 0 Å². The van der Waals surface area contributed by atoms with Crippen molar-refractivity contribution in [2.75, 3.05) is 0 Å². The lowest BCUT2D eigenvalue weighted by Gasteiger charge is -2.37. The number of rotatable bonds is 1. The highest BCUT2D eigenvalue weighted by Crippen LogP contribution is 2.45. The molecule has 17 heavy (non-hydrogen) atoms. The maximum Gasteiger partial charge on any atom is 0.419 e. The summed E-state index contributed by atoms with van der Waals surface area (Å²) >= 11 is 1.69. The van der Waals surface area contributed by atoms with Crippen LogP contribution in [0.15, 0.2) is 12.1 Å². The van der Waals surface area contributed by atoms with Crippen molar-refractivity contribution in [3.63, 3.8) is 0 Å². The number of aliphatic hydroxyl groups is 1. The van der Waals surface area contributed by atoms with Crippen molar-refractivity contribution in [1.29, 1.82) is 0 Å². The van der Waals surface area contributed by atoms with Crippen LogP contribution in [0.4, 0.5) is 17.6 Å². The van der Waals surface area contributed by atoms with Gasteiger partial charge in [0.25, 0.3) is 0 Å². The van der Waals surface area contributed by atoms with E-state index < -0.39 is 23.2 Å². The Morgan fingerprint density at radius 3 is 2.24 bits per heavy atom. The maximum absolute atomic E-state index is 13.8. The first kappa shape index (κ1) is 13.1. The van der Waals surface area contributed by atoms with Crippen molar-refractivity contribution in [1.82, 2.24) is 0 Å². The lowest BCUT2D eigenvalue weighted by Crippen LogP contribution is -2.35. The second-order valence-corrected chi connectivity index (χ2v) is 5.44. The minimum absolute atomic E-state index is 0.233. The molecule has 2 rings (SSSR count). The molecule has 0 aliphatic heterocycles. The highest BCUT2D eigenvalue weighted by molar-refractivity contribution is 14.1. The topological polar surface area (TPSA) is 20.2 Å². The number of benzene rings is 1. The molecule has 94 valence electrons. The fourth-order valence-electron chi connectivity index (χ4n) is 1.92. The third-order valence-corrected chi connectivity index (χ3v) is 3.65. The largest absolute Gasteiger partial charge is 0.419 e. The molecule has 1 aromatic rings. The van der Waals surface area contributed by atoms with Gasteiger partial charge in [0, 0.05) is 9.13 Å². The van der Waals surface area contributed by atoms with Crippen molar-refractivity contribution < 1.29 is 22.7 Å². The van der Waals surface area contributed by atoms with Gasteiger partial charge < -0.3 is 5.11 Å². The van der Waals surface area contributed by atoms with Gasteiger partial charge in [-0.25, -0.2) is 4.39 Å². The molecule has 1 saturated carbocycles. The molecule has 0 heterocycles. The molecule has 1 aliphatic carbocycles. The second-order valence-electron chi connectivity index (χ2n) is 4.20. The second kappa shape index (κ2) is 4.08. The van der Waals surface area contributed by atoms with Crippen LogP contribution in [0.2, 0.25) is 0 Å². The molecule has 0 atom stereocenters. The van der Waals surface area contributed by atoms with Gasteiger partial charge in [0.1, 0.15) is 5.82 Å². The summed E-state index contributed by atoms with van der Waals surface area (Å²) in [6.45, 7) is 0. The molecule has 1 nitrogen and oxygen atoms in total. The zero-order chi connectivity index (χ0) is 12.8. The van der Waals surface area contributed by atoms with E-state index in [1.807, 2.05) is 0 Å². The van der Waals surface area contributed by atoms with Crippen LogP contribution in [-0.2, 0) is 11.8 Å². The Labute approximate surface area is 109 Å². The van der Waals surface area contributed by atoms with E-state index in [1.165, 1.54) is 6.07 Å². The first-order chi connectivity index (χ1) is 7.74. The SMILES string of the molecule is OC1(c2cc(I)cc(C(F)(F)F)c2F)CCC1. The predicted molar refractivity (Wildman–Crippen MR) is 61.9 cm³/mol. The molecule has 1 aromatic carbocycles. The Bertz CT molecular complexity index is 452. The van der Waals surface area contributed by atoms with Crippen LogP contribution in [0.1, 0.15) is 30.4 Å². The van der Waals surface area contributed by atoms with Crippen molar-refractivity contribution in [2.45, 2.75) is 31.0 Å². The summed E-state index contributed by atoms with van der Waals surface area (Å²) in [5.41, 5.74) is -2.96. The van der Waals surface area contributed by atoms with Gasteiger partial charge in [-0.05, 0) is 54.0 Å². The zero-order valence-corrected chi connectivity index (χ0v) is 10.8. The molecule has 0 unspecified atom stereocenters. The summed E-state index contributed by atoms with van der Waals surface area (Å²) in [4.78, 5) is 0. The molecule has 0 amide bonds. The van der Waals surface area contributed by atoms with E-state index in [0.29, 0.717) is 19.3 Å². The standard InChI is InChI=1S/C11H9F4IO/c12-9-7(10(17)2-1-3-10)4-6(16)5-8(9)11(13,14)15/h4-5,17H,1-3H2. The Hall–Kier alpha value is -0.370. The highest BCUT2D eigenvalue weighted by Gasteiger charge is 2.43. The average molecular weight is 360 g/mol. The quantitative estimate of drug-likeness (QED) is 0.597. The van der Waals surface area contributed by atoms with E-state index in [9.17, 15) is 22.7 Å². The summed E-state index contributed by atoms with van der Waals surface area (Å²) in [6.07, 6.45) is -3.43. The van der Waals surface area contributed by atoms with Crippen LogP contribution in [-0.4, -0.2) is 5.11 Å². The molecule has 1 aliphatic rings. The van der Waals surface area contributed by atoms with E-state index >= 15 is 0 Å². The van der Waals surface area contributed by atoms with E-state index in [0.717, 1.165) is 6.07 Å². The fraction of sp³-hybridized carbons (Fsp3) is 0.455. The molecular weight excluding hydrogens is 351 g/mol. The minimum atomic E-state index is -4.74. The van der Waals surface area contributed by atoms with Gasteiger partial charge in [-0.3, -0.25) is 0 Å². The van der Waals surface area contributed by atoms with E-state index in [1.54, 1.807) is 22.6 Å². The molecule has 1 N–H and O–H groups in total. The van der Waals surface area contributed by atoms with Crippen LogP contribution in [0, 0.1) is 9.39 Å². The molecule has 0 saturated heterocycles. The molecule has 0 aromatic heterocycles. The van der Waals surface area contributed by atoms with E-state index in [2.05, 4.69) is 0 Å². The first-order valence-corrected chi connectivity index (χ1v) is 6.11. The first-order valence-electron chi connectivity index (χ1n) is 5.03. The third-order valence-electron chi connectivity index (χ3n) is 3.02. The summed E-state index contributed by atoms with van der Waals surface area (Å²) in [6, 6.07) is 2.03. The summed E-state index contributed by atoms with van der Waals surface area (Å²) in [7, 11) is 0. The molecule has 1 fully saturated rings. The van der Waals surface area contributed by atoms with E-state index in [4.69, 9.17) is 0 Å². The Balaban J connectivity index is 2.58. The van der Waals surface area contributed by atoms with Crippen molar-refractivity contribution in [3.8, 4) is 0 Å². The minimum Gasteiger partial charge on any atom is -0.385 e. The lowest BCUT2D eigenvalue weighted by atomic mass is 9.74. The predicted octanol–water partition coefficient (Wildman–Crippen LogP) is 3.82. The van der Waals surface area contributed by atoms with Gasteiger partial charge >= 0.3 is 6.18 Å². The summed E-state index contributed by atoms with van der Waals surface area (Å²) < 4.78 is 51.8. The Morgan fingerprint density at radius 2 is 1.82 bits per heavy atom. The average Bonchev–Trinajstić information content (AvgIpc) is 2.16. The van der Waals surface area contributed by atoms with Gasteiger partial charge in [-0.1, -0.05) is 0 Å². The van der Waals surface area contributed by atoms with Gasteiger partial charge in [-0.2, -0.15) is 13.2 Å². The Morgan fingerprint density at radius 1 is 1.24 bits per heavy atom. The van der Waals surface area contributed by atoms with Crippen molar-refractivity contribution in [3.05, 3.63) is 32.6 Å². The van der Waals surface area contributed by atoms with Crippen molar-refractivity contribution >= 4 is 22.6 Å². The van der Waals surface area contributed by atoms with Gasteiger partial charge in [0.05, 0.1) is 11.2 Å². The normalized spacial score (nSPS) is 18.9. The zero-order valence-electron chi connectivity index (χ0n) is 8.61. The summed E-state index contributed by atoms with van der Waals surface area (Å²) in [5, 5.41) is 9.97. The van der Waals surface area contributed by atoms with Crippen LogP contribution in [0.5, 0.6) is 0 Å². The van der Waals surface area contributed by atoms with Gasteiger partial charge in [0.2, 0.25) is 0 Å². The number of alkyl halides is 3. The number of hydrogen-bond acceptors (Lipinski definition) is 1.